The number of hydrogen-bond donors (Lipinski definition) is 3. The summed E-state index contributed by atoms with van der Waals surface area (Å²) >= 11 is 0. The van der Waals surface area contributed by atoms with E-state index >= 15 is 0 Å². The van der Waals surface area contributed by atoms with E-state index in [1.165, 1.54) is 353 Å². The van der Waals surface area contributed by atoms with E-state index in [1.54, 1.807) is 6.08 Å². The summed E-state index contributed by atoms with van der Waals surface area (Å²) in [6.45, 7) is 4.94. The molecule has 0 fully saturated rings. The lowest BCUT2D eigenvalue weighted by Gasteiger charge is -2.20. The van der Waals surface area contributed by atoms with Gasteiger partial charge in [0.1, 0.15) is 0 Å². The minimum Gasteiger partial charge on any atom is -0.466 e. The van der Waals surface area contributed by atoms with Gasteiger partial charge in [-0.15, -0.1) is 0 Å². The Morgan fingerprint density at radius 3 is 0.885 bits per heavy atom. The van der Waals surface area contributed by atoms with Gasteiger partial charge in [-0.2, -0.15) is 0 Å². The highest BCUT2D eigenvalue weighted by Gasteiger charge is 2.18. The van der Waals surface area contributed by atoms with Crippen LogP contribution < -0.4 is 5.32 Å². The van der Waals surface area contributed by atoms with Gasteiger partial charge in [0.2, 0.25) is 5.91 Å². The highest BCUT2D eigenvalue weighted by atomic mass is 16.5. The van der Waals surface area contributed by atoms with Gasteiger partial charge in [0.15, 0.2) is 0 Å². The van der Waals surface area contributed by atoms with Crippen LogP contribution in [0.4, 0.5) is 0 Å². The van der Waals surface area contributed by atoms with Crippen molar-refractivity contribution in [2.45, 2.75) is 443 Å². The molecule has 0 rings (SSSR count). The number of hydrogen-bond acceptors (Lipinski definition) is 5. The highest BCUT2D eigenvalue weighted by molar-refractivity contribution is 5.76. The number of carbonyl (C=O) groups is 2. The average molecular weight is 1220 g/mol. The molecule has 6 nitrogen and oxygen atoms in total. The Bertz CT molecular complexity index is 1450. The molecule has 0 aromatic carbocycles. The third-order valence-corrected chi connectivity index (χ3v) is 18.3. The summed E-state index contributed by atoms with van der Waals surface area (Å²) in [4.78, 5) is 24.7. The number of nitrogens with one attached hydrogen (secondary N) is 1. The topological polar surface area (TPSA) is 95.9 Å². The van der Waals surface area contributed by atoms with Gasteiger partial charge in [-0.05, 0) is 89.9 Å². The van der Waals surface area contributed by atoms with Crippen LogP contribution in [0.1, 0.15) is 431 Å². The normalized spacial score (nSPS) is 12.7. The summed E-state index contributed by atoms with van der Waals surface area (Å²) in [5.74, 6) is -0.0555. The summed E-state index contributed by atoms with van der Waals surface area (Å²) in [7, 11) is 0. The van der Waals surface area contributed by atoms with Crippen LogP contribution in [0.3, 0.4) is 0 Å². The Labute approximate surface area is 544 Å². The zero-order valence-electron chi connectivity index (χ0n) is 58.8. The number of aliphatic hydroxyl groups excluding tert-OH is 2. The van der Waals surface area contributed by atoms with Crippen molar-refractivity contribution in [3.05, 3.63) is 48.6 Å². The maximum absolute atomic E-state index is 12.5. The van der Waals surface area contributed by atoms with E-state index in [4.69, 9.17) is 4.74 Å². The van der Waals surface area contributed by atoms with Crippen LogP contribution >= 0.6 is 0 Å². The van der Waals surface area contributed by atoms with E-state index in [9.17, 15) is 19.8 Å². The summed E-state index contributed by atoms with van der Waals surface area (Å²) in [5, 5.41) is 23.3. The van der Waals surface area contributed by atoms with Crippen LogP contribution in [0.25, 0.3) is 0 Å². The molecule has 0 aliphatic rings. The average Bonchev–Trinajstić information content (AvgIpc) is 3.53. The molecule has 0 radical (unpaired) electrons. The number of esters is 1. The number of aliphatic hydroxyl groups is 2. The standard InChI is InChI=1S/C81H153NO5/c1-3-5-7-9-11-13-15-17-19-21-23-24-32-35-38-41-45-49-53-57-61-65-69-73-79(84)78(77-83)82-80(85)74-70-66-62-58-54-50-46-42-39-36-33-30-28-26-25-27-29-31-34-37-40-44-48-52-56-60-64-68-72-76-87-81(86)75-71-67-63-59-55-51-47-43-22-20-18-16-14-12-10-8-6-4-2/h20,22,25,27,31,34,69,73,78-79,83-84H,3-19,21,23-24,26,28-30,32-33,35-68,70-72,74-77H2,1-2H3,(H,82,85)/b22-20-,27-25-,34-31-,73-69+. The quantitative estimate of drug-likeness (QED) is 0.0320. The Morgan fingerprint density at radius 1 is 0.322 bits per heavy atom. The molecule has 0 aliphatic heterocycles. The van der Waals surface area contributed by atoms with E-state index < -0.39 is 12.1 Å². The van der Waals surface area contributed by atoms with Crippen molar-refractivity contribution < 1.29 is 24.5 Å². The Morgan fingerprint density at radius 2 is 0.575 bits per heavy atom. The van der Waals surface area contributed by atoms with Crippen LogP contribution in [0.2, 0.25) is 0 Å². The first kappa shape index (κ1) is 84.8. The first-order chi connectivity index (χ1) is 43.0. The van der Waals surface area contributed by atoms with Gasteiger partial charge in [-0.25, -0.2) is 0 Å². The van der Waals surface area contributed by atoms with Gasteiger partial charge in [-0.3, -0.25) is 9.59 Å². The summed E-state index contributed by atoms with van der Waals surface area (Å²) in [5.41, 5.74) is 0. The van der Waals surface area contributed by atoms with Crippen LogP contribution in [0.15, 0.2) is 48.6 Å². The molecule has 0 aliphatic carbocycles. The van der Waals surface area contributed by atoms with Crippen LogP contribution in [0.5, 0.6) is 0 Å². The van der Waals surface area contributed by atoms with Crippen LogP contribution in [0, 0.1) is 0 Å². The number of allylic oxidation sites excluding steroid dienone is 7. The van der Waals surface area contributed by atoms with Gasteiger partial charge in [-0.1, -0.05) is 377 Å². The first-order valence-electron chi connectivity index (χ1n) is 39.4. The maximum atomic E-state index is 12.5. The third-order valence-electron chi connectivity index (χ3n) is 18.3. The lowest BCUT2D eigenvalue weighted by Crippen LogP contribution is -2.45. The molecule has 2 atom stereocenters. The fourth-order valence-corrected chi connectivity index (χ4v) is 12.3. The van der Waals surface area contributed by atoms with E-state index in [2.05, 4.69) is 55.6 Å². The zero-order chi connectivity index (χ0) is 62.8. The Kier molecular flexibility index (Phi) is 74.4. The van der Waals surface area contributed by atoms with Gasteiger partial charge in [0.25, 0.3) is 0 Å². The lowest BCUT2D eigenvalue weighted by atomic mass is 10.0. The Balaban J connectivity index is 3.42. The number of amides is 1. The van der Waals surface area contributed by atoms with Gasteiger partial charge in [0, 0.05) is 12.8 Å². The van der Waals surface area contributed by atoms with Crippen LogP contribution in [-0.4, -0.2) is 47.4 Å². The molecular formula is C81H153NO5. The molecule has 0 heterocycles. The van der Waals surface area contributed by atoms with Crippen molar-refractivity contribution in [1.29, 1.82) is 0 Å². The lowest BCUT2D eigenvalue weighted by molar-refractivity contribution is -0.143. The number of rotatable bonds is 74. The largest absolute Gasteiger partial charge is 0.466 e. The number of carbonyl (C=O) groups excluding carboxylic acids is 2. The fourth-order valence-electron chi connectivity index (χ4n) is 12.3. The van der Waals surface area contributed by atoms with Crippen molar-refractivity contribution in [2.24, 2.45) is 0 Å². The van der Waals surface area contributed by atoms with E-state index in [0.717, 1.165) is 51.4 Å². The molecule has 0 bridgehead atoms. The molecule has 1 amide bonds. The zero-order valence-corrected chi connectivity index (χ0v) is 58.8. The maximum Gasteiger partial charge on any atom is 0.305 e. The third kappa shape index (κ3) is 72.8. The second kappa shape index (κ2) is 76.3. The number of unbranched alkanes of at least 4 members (excludes halogenated alkanes) is 57. The Hall–Kier alpha value is -2.18. The number of ether oxygens (including phenoxy) is 1. The molecule has 512 valence electrons. The van der Waals surface area contributed by atoms with E-state index in [-0.39, 0.29) is 18.5 Å². The highest BCUT2D eigenvalue weighted by Crippen LogP contribution is 2.19. The predicted molar refractivity (Wildman–Crippen MR) is 384 cm³/mol. The summed E-state index contributed by atoms with van der Waals surface area (Å²) in [6.07, 6.45) is 101. The molecular weight excluding hydrogens is 1070 g/mol. The molecule has 2 unspecified atom stereocenters. The second-order valence-corrected chi connectivity index (χ2v) is 27.0. The van der Waals surface area contributed by atoms with Gasteiger partial charge < -0.3 is 20.3 Å². The monoisotopic (exact) mass is 1220 g/mol. The van der Waals surface area contributed by atoms with Crippen molar-refractivity contribution in [2.75, 3.05) is 13.2 Å². The SMILES string of the molecule is CCCCCCCCC/C=C\CCCCCCCCCC(=O)OCCCCCCCCCCC/C=C\C/C=C\CCCCCCCCCCCCCCCC(=O)NC(CO)C(O)/C=C/CCCCCCCCCCCCCCCCCCCCCCC. The van der Waals surface area contributed by atoms with Crippen molar-refractivity contribution in [1.82, 2.24) is 5.32 Å². The summed E-state index contributed by atoms with van der Waals surface area (Å²) in [6, 6.07) is -0.631. The van der Waals surface area contributed by atoms with Crippen molar-refractivity contribution in [3.8, 4) is 0 Å². The van der Waals surface area contributed by atoms with Gasteiger partial charge in [0.05, 0.1) is 25.4 Å². The summed E-state index contributed by atoms with van der Waals surface area (Å²) < 4.78 is 5.50. The molecule has 0 saturated carbocycles. The van der Waals surface area contributed by atoms with Gasteiger partial charge >= 0.3 is 5.97 Å². The predicted octanol–water partition coefficient (Wildman–Crippen LogP) is 26.0. The molecule has 0 saturated heterocycles. The minimum atomic E-state index is -0.848. The minimum absolute atomic E-state index is 0.00936. The molecule has 3 N–H and O–H groups in total. The molecule has 0 spiro atoms. The van der Waals surface area contributed by atoms with Crippen molar-refractivity contribution in [3.63, 3.8) is 0 Å². The van der Waals surface area contributed by atoms with E-state index in [0.29, 0.717) is 19.4 Å². The first-order valence-corrected chi connectivity index (χ1v) is 39.4. The molecule has 6 heteroatoms. The van der Waals surface area contributed by atoms with E-state index in [1.807, 2.05) is 6.08 Å². The second-order valence-electron chi connectivity index (χ2n) is 27.0. The fraction of sp³-hybridized carbons (Fsp3) is 0.877. The van der Waals surface area contributed by atoms with Crippen molar-refractivity contribution >= 4 is 11.9 Å². The smallest absolute Gasteiger partial charge is 0.305 e. The van der Waals surface area contributed by atoms with Crippen LogP contribution in [-0.2, 0) is 14.3 Å². The molecule has 87 heavy (non-hydrogen) atoms. The molecule has 0 aromatic rings. The molecule has 0 aromatic heterocycles.